The Morgan fingerprint density at radius 3 is 2.35 bits per heavy atom. The summed E-state index contributed by atoms with van der Waals surface area (Å²) in [7, 11) is 0. The average molecular weight is 474 g/mol. The minimum Gasteiger partial charge on any atom is -0.478 e. The number of hydrogen-bond donors (Lipinski definition) is 2. The van der Waals surface area contributed by atoms with Crippen LogP contribution in [-0.2, 0) is 9.59 Å². The van der Waals surface area contributed by atoms with Crippen molar-refractivity contribution in [2.24, 2.45) is 0 Å². The maximum absolute atomic E-state index is 13.3. The molecule has 172 valence electrons. The van der Waals surface area contributed by atoms with Gasteiger partial charge in [0.25, 0.3) is 11.8 Å². The largest absolute Gasteiger partial charge is 0.478 e. The van der Waals surface area contributed by atoms with Gasteiger partial charge in [-0.3, -0.25) is 19.8 Å². The number of nitrogens with zero attached hydrogens (tertiary/aromatic N) is 2. The number of amides is 2. The van der Waals surface area contributed by atoms with Crippen LogP contribution < -0.4 is 10.2 Å². The third kappa shape index (κ3) is 3.92. The first-order valence-corrected chi connectivity index (χ1v) is 11.0. The molecule has 1 fully saturated rings. The first-order valence-electron chi connectivity index (χ1n) is 10.6. The first kappa shape index (κ1) is 23.1. The van der Waals surface area contributed by atoms with Gasteiger partial charge in [-0.2, -0.15) is 0 Å². The number of carbonyl (C=O) groups is 3. The lowest BCUT2D eigenvalue weighted by atomic mass is 10.1. The molecule has 0 bridgehead atoms. The number of nitrogens with one attached hydrogen (secondary N) is 1. The average Bonchev–Trinajstić information content (AvgIpc) is 3.06. The number of carboxylic acid groups (broad SMARTS) is 1. The van der Waals surface area contributed by atoms with Gasteiger partial charge in [0.1, 0.15) is 5.57 Å². The summed E-state index contributed by atoms with van der Waals surface area (Å²) >= 11 is 5.23. The summed E-state index contributed by atoms with van der Waals surface area (Å²) in [5.74, 6) is -2.23. The number of anilines is 1. The molecule has 1 aromatic heterocycles. The van der Waals surface area contributed by atoms with Gasteiger partial charge in [0.05, 0.1) is 11.3 Å². The number of rotatable bonds is 4. The molecule has 0 radical (unpaired) electrons. The molecule has 3 aromatic rings. The Bertz CT molecular complexity index is 1400. The maximum Gasteiger partial charge on any atom is 0.335 e. The van der Waals surface area contributed by atoms with Gasteiger partial charge >= 0.3 is 5.97 Å². The summed E-state index contributed by atoms with van der Waals surface area (Å²) in [4.78, 5) is 38.4. The van der Waals surface area contributed by atoms with Crippen LogP contribution in [0.4, 0.5) is 5.69 Å². The van der Waals surface area contributed by atoms with Gasteiger partial charge in [0.15, 0.2) is 5.11 Å². The van der Waals surface area contributed by atoms with Gasteiger partial charge in [0, 0.05) is 17.1 Å². The molecule has 8 heteroatoms. The van der Waals surface area contributed by atoms with Crippen molar-refractivity contribution in [2.45, 2.75) is 27.7 Å². The van der Waals surface area contributed by atoms with Crippen LogP contribution in [-0.4, -0.2) is 32.6 Å². The minimum atomic E-state index is -1.08. The molecular formula is C26H23N3O4S. The lowest BCUT2D eigenvalue weighted by molar-refractivity contribution is -0.122. The Morgan fingerprint density at radius 2 is 1.71 bits per heavy atom. The van der Waals surface area contributed by atoms with Crippen LogP contribution in [0.2, 0.25) is 0 Å². The van der Waals surface area contributed by atoms with Crippen molar-refractivity contribution in [3.05, 3.63) is 87.7 Å². The van der Waals surface area contributed by atoms with E-state index < -0.39 is 17.8 Å². The third-order valence-electron chi connectivity index (χ3n) is 6.06. The van der Waals surface area contributed by atoms with Crippen molar-refractivity contribution in [3.8, 4) is 5.69 Å². The van der Waals surface area contributed by atoms with Crippen molar-refractivity contribution in [3.63, 3.8) is 0 Å². The lowest BCUT2D eigenvalue weighted by Crippen LogP contribution is -2.54. The number of thiocarbonyl (C=S) groups is 1. The third-order valence-corrected chi connectivity index (χ3v) is 6.35. The molecule has 0 unspecified atom stereocenters. The highest BCUT2D eigenvalue weighted by atomic mass is 32.1. The number of benzene rings is 2. The summed E-state index contributed by atoms with van der Waals surface area (Å²) < 4.78 is 2.10. The van der Waals surface area contributed by atoms with Crippen LogP contribution in [0, 0.1) is 27.7 Å². The van der Waals surface area contributed by atoms with Crippen molar-refractivity contribution in [2.75, 3.05) is 4.90 Å². The maximum atomic E-state index is 13.3. The number of aromatic carboxylic acids is 1. The second-order valence-electron chi connectivity index (χ2n) is 8.19. The highest BCUT2D eigenvalue weighted by Crippen LogP contribution is 2.28. The van der Waals surface area contributed by atoms with E-state index in [9.17, 15) is 14.4 Å². The fourth-order valence-corrected chi connectivity index (χ4v) is 4.36. The molecule has 34 heavy (non-hydrogen) atoms. The molecule has 7 nitrogen and oxygen atoms in total. The number of hydrogen-bond acceptors (Lipinski definition) is 4. The molecule has 2 N–H and O–H groups in total. The molecule has 1 aliphatic heterocycles. The number of carboxylic acids is 1. The number of aryl methyl sites for hydroxylation is 2. The summed E-state index contributed by atoms with van der Waals surface area (Å²) in [5.41, 5.74) is 6.36. The molecule has 0 spiro atoms. The van der Waals surface area contributed by atoms with E-state index in [1.165, 1.54) is 34.7 Å². The Balaban J connectivity index is 1.76. The summed E-state index contributed by atoms with van der Waals surface area (Å²) in [6.07, 6.45) is 1.57. The van der Waals surface area contributed by atoms with Crippen LogP contribution in [0.15, 0.2) is 54.1 Å². The van der Waals surface area contributed by atoms with Crippen LogP contribution in [0.25, 0.3) is 11.8 Å². The summed E-state index contributed by atoms with van der Waals surface area (Å²) in [5, 5.41) is 11.6. The SMILES string of the molecule is Cc1cccc(-n2c(C)cc(/C=C3\C(=O)NC(=S)N(c4ccc(C(=O)O)cc4)C3=O)c2C)c1C. The predicted octanol–water partition coefficient (Wildman–Crippen LogP) is 4.24. The molecule has 0 atom stereocenters. The summed E-state index contributed by atoms with van der Waals surface area (Å²) in [6.45, 7) is 8.04. The van der Waals surface area contributed by atoms with Crippen molar-refractivity contribution in [1.29, 1.82) is 0 Å². The zero-order valence-electron chi connectivity index (χ0n) is 19.2. The van der Waals surface area contributed by atoms with Gasteiger partial charge in [-0.15, -0.1) is 0 Å². The molecule has 4 rings (SSSR count). The van der Waals surface area contributed by atoms with Gasteiger partial charge < -0.3 is 9.67 Å². The molecule has 1 saturated heterocycles. The van der Waals surface area contributed by atoms with Crippen LogP contribution in [0.5, 0.6) is 0 Å². The normalized spacial score (nSPS) is 15.1. The zero-order valence-corrected chi connectivity index (χ0v) is 20.0. The lowest BCUT2D eigenvalue weighted by Gasteiger charge is -2.29. The second kappa shape index (κ2) is 8.72. The molecule has 0 saturated carbocycles. The van der Waals surface area contributed by atoms with Crippen LogP contribution in [0.1, 0.15) is 38.4 Å². The van der Waals surface area contributed by atoms with E-state index in [0.29, 0.717) is 5.69 Å². The number of carbonyl (C=O) groups excluding carboxylic acids is 2. The Morgan fingerprint density at radius 1 is 1.03 bits per heavy atom. The molecule has 0 aliphatic carbocycles. The quantitative estimate of drug-likeness (QED) is 0.336. The van der Waals surface area contributed by atoms with Gasteiger partial charge in [-0.05, 0) is 99.1 Å². The molecule has 2 aromatic carbocycles. The van der Waals surface area contributed by atoms with E-state index in [-0.39, 0.29) is 16.2 Å². The predicted molar refractivity (Wildman–Crippen MR) is 134 cm³/mol. The first-order chi connectivity index (χ1) is 16.1. The highest BCUT2D eigenvalue weighted by molar-refractivity contribution is 7.80. The standard InChI is InChI=1S/C26H23N3O4S/c1-14-6-5-7-22(16(14)3)28-15(2)12-19(17(28)4)13-21-23(30)27-26(34)29(24(21)31)20-10-8-18(9-11-20)25(32)33/h5-13H,1-4H3,(H,32,33)(H,27,30,34)/b21-13+. The van der Waals surface area contributed by atoms with E-state index in [0.717, 1.165) is 28.2 Å². The van der Waals surface area contributed by atoms with Crippen molar-refractivity contribution >= 4 is 46.9 Å². The fraction of sp³-hybridized carbons (Fsp3) is 0.154. The van der Waals surface area contributed by atoms with E-state index in [2.05, 4.69) is 29.8 Å². The summed E-state index contributed by atoms with van der Waals surface area (Å²) in [6, 6.07) is 13.8. The Hall–Kier alpha value is -4.04. The second-order valence-corrected chi connectivity index (χ2v) is 8.58. The van der Waals surface area contributed by atoms with E-state index >= 15 is 0 Å². The monoisotopic (exact) mass is 473 g/mol. The molecule has 2 amide bonds. The van der Waals surface area contributed by atoms with E-state index in [1.54, 1.807) is 6.08 Å². The van der Waals surface area contributed by atoms with Crippen molar-refractivity contribution in [1.82, 2.24) is 9.88 Å². The van der Waals surface area contributed by atoms with Gasteiger partial charge in [-0.25, -0.2) is 4.79 Å². The minimum absolute atomic E-state index is 0.0582. The Kier molecular flexibility index (Phi) is 5.93. The van der Waals surface area contributed by atoms with E-state index in [1.807, 2.05) is 32.0 Å². The fourth-order valence-electron chi connectivity index (χ4n) is 4.08. The highest BCUT2D eigenvalue weighted by Gasteiger charge is 2.34. The van der Waals surface area contributed by atoms with E-state index in [4.69, 9.17) is 17.3 Å². The van der Waals surface area contributed by atoms with Gasteiger partial charge in [-0.1, -0.05) is 12.1 Å². The van der Waals surface area contributed by atoms with Crippen LogP contribution >= 0.6 is 12.2 Å². The Labute approximate surface area is 202 Å². The molecule has 1 aliphatic rings. The zero-order chi connectivity index (χ0) is 24.7. The number of aromatic nitrogens is 1. The van der Waals surface area contributed by atoms with Gasteiger partial charge in [0.2, 0.25) is 0 Å². The smallest absolute Gasteiger partial charge is 0.335 e. The molecule has 2 heterocycles. The van der Waals surface area contributed by atoms with Crippen LogP contribution in [0.3, 0.4) is 0 Å². The molecular weight excluding hydrogens is 450 g/mol. The topological polar surface area (TPSA) is 91.6 Å². The van der Waals surface area contributed by atoms with Crippen molar-refractivity contribution < 1.29 is 19.5 Å².